The van der Waals surface area contributed by atoms with E-state index in [1.54, 1.807) is 36.4 Å². The van der Waals surface area contributed by atoms with Crippen LogP contribution in [0.5, 0.6) is 5.75 Å². The summed E-state index contributed by atoms with van der Waals surface area (Å²) in [6.07, 6.45) is -0.654. The van der Waals surface area contributed by atoms with Gasteiger partial charge in [0, 0.05) is 5.02 Å². The summed E-state index contributed by atoms with van der Waals surface area (Å²) in [6, 6.07) is 12.8. The molecule has 8 heteroatoms. The van der Waals surface area contributed by atoms with E-state index in [4.69, 9.17) is 22.1 Å². The van der Waals surface area contributed by atoms with Crippen LogP contribution in [-0.2, 0) is 4.79 Å². The van der Waals surface area contributed by atoms with Crippen LogP contribution in [0.3, 0.4) is 0 Å². The summed E-state index contributed by atoms with van der Waals surface area (Å²) in [7, 11) is 0. The molecule has 0 saturated carbocycles. The van der Waals surface area contributed by atoms with Crippen LogP contribution in [0.2, 0.25) is 5.02 Å². The normalized spacial score (nSPS) is 13.3. The molecule has 0 aliphatic rings. The Hall–Kier alpha value is -2.64. The number of primary amides is 1. The molecule has 3 aromatic rings. The summed E-state index contributed by atoms with van der Waals surface area (Å²) >= 11 is 7.50. The van der Waals surface area contributed by atoms with Crippen molar-refractivity contribution < 1.29 is 14.3 Å². The zero-order chi connectivity index (χ0) is 21.1. The highest BCUT2D eigenvalue weighted by Gasteiger charge is 2.37. The number of hydrogen-bond acceptors (Lipinski definition) is 5. The third kappa shape index (κ3) is 4.68. The minimum Gasteiger partial charge on any atom is -0.410 e. The second-order valence-electron chi connectivity index (χ2n) is 7.02. The topological polar surface area (TPSA) is 85.5 Å². The first-order valence-corrected chi connectivity index (χ1v) is 10.4. The molecule has 2 atom stereocenters. The lowest BCUT2D eigenvalue weighted by atomic mass is 10.0. The average molecular weight is 432 g/mol. The number of halogens is 1. The molecular weight excluding hydrogens is 410 g/mol. The highest BCUT2D eigenvalue weighted by molar-refractivity contribution is 7.18. The van der Waals surface area contributed by atoms with Crippen molar-refractivity contribution in [1.29, 1.82) is 0 Å². The van der Waals surface area contributed by atoms with E-state index in [1.165, 1.54) is 16.2 Å². The van der Waals surface area contributed by atoms with E-state index in [0.717, 1.165) is 10.2 Å². The van der Waals surface area contributed by atoms with Gasteiger partial charge in [0.25, 0.3) is 0 Å². The fourth-order valence-electron chi connectivity index (χ4n) is 3.16. The summed E-state index contributed by atoms with van der Waals surface area (Å²) in [5.41, 5.74) is 6.39. The maximum atomic E-state index is 13.1. The monoisotopic (exact) mass is 431 g/mol. The van der Waals surface area contributed by atoms with Crippen LogP contribution < -0.4 is 10.5 Å². The number of ether oxygens (including phenoxy) is 1. The fourth-order valence-corrected chi connectivity index (χ4v) is 4.32. The van der Waals surface area contributed by atoms with Gasteiger partial charge in [-0.05, 0) is 43.2 Å². The number of benzene rings is 2. The van der Waals surface area contributed by atoms with Crippen LogP contribution in [0.25, 0.3) is 10.2 Å². The van der Waals surface area contributed by atoms with Gasteiger partial charge in [-0.3, -0.25) is 9.69 Å². The minimum atomic E-state index is -0.850. The van der Waals surface area contributed by atoms with Crippen molar-refractivity contribution in [3.8, 4) is 5.75 Å². The van der Waals surface area contributed by atoms with Gasteiger partial charge >= 0.3 is 6.09 Å². The van der Waals surface area contributed by atoms with Crippen molar-refractivity contribution in [2.45, 2.75) is 32.9 Å². The number of hydrogen-bond donors (Lipinski definition) is 1. The molecule has 1 heterocycles. The summed E-state index contributed by atoms with van der Waals surface area (Å²) in [5.74, 6) is -0.416. The van der Waals surface area contributed by atoms with E-state index in [9.17, 15) is 9.59 Å². The van der Waals surface area contributed by atoms with Gasteiger partial charge in [0.2, 0.25) is 5.91 Å². The molecule has 0 bridgehead atoms. The molecule has 0 aliphatic heterocycles. The maximum absolute atomic E-state index is 13.1. The molecule has 152 valence electrons. The Bertz CT molecular complexity index is 1020. The van der Waals surface area contributed by atoms with Crippen LogP contribution in [-0.4, -0.2) is 27.9 Å². The van der Waals surface area contributed by atoms with Crippen molar-refractivity contribution >= 4 is 45.2 Å². The number of thiazole rings is 1. The summed E-state index contributed by atoms with van der Waals surface area (Å²) in [4.78, 5) is 31.3. The molecule has 2 aromatic carbocycles. The SMILES string of the molecule is CC(C)[C@@H](C(N)=O)N(C(=O)Oc1ccccc1)C(C)c1nc2cc(Cl)ccc2s1. The van der Waals surface area contributed by atoms with Crippen LogP contribution in [0.1, 0.15) is 31.8 Å². The van der Waals surface area contributed by atoms with Crippen molar-refractivity contribution in [2.75, 3.05) is 0 Å². The van der Waals surface area contributed by atoms with E-state index in [-0.39, 0.29) is 5.92 Å². The quantitative estimate of drug-likeness (QED) is 0.593. The molecule has 1 aromatic heterocycles. The third-order valence-electron chi connectivity index (χ3n) is 4.52. The zero-order valence-corrected chi connectivity index (χ0v) is 17.9. The van der Waals surface area contributed by atoms with Gasteiger partial charge in [0.15, 0.2) is 0 Å². The van der Waals surface area contributed by atoms with Crippen LogP contribution in [0, 0.1) is 5.92 Å². The third-order valence-corrected chi connectivity index (χ3v) is 5.96. The summed E-state index contributed by atoms with van der Waals surface area (Å²) in [6.45, 7) is 5.48. The van der Waals surface area contributed by atoms with Crippen molar-refractivity contribution in [2.24, 2.45) is 11.7 Å². The smallest absolute Gasteiger partial charge is 0.410 e. The zero-order valence-electron chi connectivity index (χ0n) is 16.3. The summed E-state index contributed by atoms with van der Waals surface area (Å²) < 4.78 is 6.47. The van der Waals surface area contributed by atoms with Gasteiger partial charge in [0.1, 0.15) is 16.8 Å². The lowest BCUT2D eigenvalue weighted by Crippen LogP contribution is -2.52. The van der Waals surface area contributed by atoms with Gasteiger partial charge in [-0.1, -0.05) is 43.6 Å². The van der Waals surface area contributed by atoms with Gasteiger partial charge in [0.05, 0.1) is 16.3 Å². The Kier molecular flexibility index (Phi) is 6.39. The number of rotatable bonds is 6. The Labute approximate surface area is 178 Å². The fraction of sp³-hybridized carbons (Fsp3) is 0.286. The average Bonchev–Trinajstić information content (AvgIpc) is 3.08. The van der Waals surface area contributed by atoms with Gasteiger partial charge < -0.3 is 10.5 Å². The number of fused-ring (bicyclic) bond motifs is 1. The molecule has 0 aliphatic carbocycles. The Morgan fingerprint density at radius 2 is 1.83 bits per heavy atom. The van der Waals surface area contributed by atoms with Crippen molar-refractivity contribution in [3.05, 3.63) is 58.6 Å². The number of aromatic nitrogens is 1. The Morgan fingerprint density at radius 1 is 1.14 bits per heavy atom. The Balaban J connectivity index is 2.00. The molecule has 0 fully saturated rings. The number of carbonyl (C=O) groups is 2. The van der Waals surface area contributed by atoms with Crippen LogP contribution >= 0.6 is 22.9 Å². The highest BCUT2D eigenvalue weighted by atomic mass is 35.5. The highest BCUT2D eigenvalue weighted by Crippen LogP contribution is 2.33. The molecule has 0 radical (unpaired) electrons. The predicted octanol–water partition coefficient (Wildman–Crippen LogP) is 5.02. The molecule has 29 heavy (non-hydrogen) atoms. The molecule has 0 saturated heterocycles. The number of amides is 2. The number of para-hydroxylation sites is 1. The second kappa shape index (κ2) is 8.80. The molecule has 3 rings (SSSR count). The van der Waals surface area contributed by atoms with E-state index in [1.807, 2.05) is 32.9 Å². The van der Waals surface area contributed by atoms with E-state index < -0.39 is 24.1 Å². The van der Waals surface area contributed by atoms with Gasteiger partial charge in [-0.25, -0.2) is 9.78 Å². The molecule has 6 nitrogen and oxygen atoms in total. The number of nitrogens with two attached hydrogens (primary N) is 1. The number of carbonyl (C=O) groups excluding carboxylic acids is 2. The first-order chi connectivity index (χ1) is 13.8. The Morgan fingerprint density at radius 3 is 2.45 bits per heavy atom. The first-order valence-electron chi connectivity index (χ1n) is 9.18. The van der Waals surface area contributed by atoms with Crippen LogP contribution in [0.15, 0.2) is 48.5 Å². The predicted molar refractivity (Wildman–Crippen MR) is 115 cm³/mol. The van der Waals surface area contributed by atoms with E-state index >= 15 is 0 Å². The summed E-state index contributed by atoms with van der Waals surface area (Å²) in [5, 5.41) is 1.25. The number of nitrogens with zero attached hydrogens (tertiary/aromatic N) is 2. The van der Waals surface area contributed by atoms with Gasteiger partial charge in [-0.2, -0.15) is 0 Å². The second-order valence-corrected chi connectivity index (χ2v) is 8.52. The maximum Gasteiger partial charge on any atom is 0.416 e. The molecule has 0 spiro atoms. The molecule has 1 unspecified atom stereocenters. The van der Waals surface area contributed by atoms with Crippen LogP contribution in [0.4, 0.5) is 4.79 Å². The molecular formula is C21H22ClN3O3S. The standard InChI is InChI=1S/C21H22ClN3O3S/c1-12(2)18(19(23)26)25(21(27)28-15-7-5-4-6-8-15)13(3)20-24-16-11-14(22)9-10-17(16)29-20/h4-13,18H,1-3H3,(H2,23,26)/t13?,18-/m0/s1. The lowest BCUT2D eigenvalue weighted by molar-refractivity contribution is -0.124. The van der Waals surface area contributed by atoms with E-state index in [2.05, 4.69) is 4.98 Å². The lowest BCUT2D eigenvalue weighted by Gasteiger charge is -2.35. The molecule has 2 N–H and O–H groups in total. The van der Waals surface area contributed by atoms with Gasteiger partial charge in [-0.15, -0.1) is 11.3 Å². The molecule has 2 amide bonds. The van der Waals surface area contributed by atoms with Crippen molar-refractivity contribution in [1.82, 2.24) is 9.88 Å². The first kappa shape index (κ1) is 21.1. The largest absolute Gasteiger partial charge is 0.416 e. The minimum absolute atomic E-state index is 0.206. The van der Waals surface area contributed by atoms with E-state index in [0.29, 0.717) is 15.8 Å². The van der Waals surface area contributed by atoms with Crippen molar-refractivity contribution in [3.63, 3.8) is 0 Å².